The molecule has 0 bridgehead atoms. The molecule has 17 heavy (non-hydrogen) atoms. The van der Waals surface area contributed by atoms with Crippen LogP contribution in [0.5, 0.6) is 11.5 Å². The van der Waals surface area contributed by atoms with Gasteiger partial charge in [-0.3, -0.25) is 0 Å². The third kappa shape index (κ3) is 3.93. The van der Waals surface area contributed by atoms with E-state index in [1.165, 1.54) is 5.56 Å². The second-order valence-electron chi connectivity index (χ2n) is 4.07. The first-order valence-corrected chi connectivity index (χ1v) is 6.23. The Kier molecular flexibility index (Phi) is 5.84. The molecule has 0 aromatic heterocycles. The van der Waals surface area contributed by atoms with Crippen LogP contribution in [0.4, 0.5) is 0 Å². The Balaban J connectivity index is 2.84. The van der Waals surface area contributed by atoms with Crippen LogP contribution in [0.15, 0.2) is 18.2 Å². The van der Waals surface area contributed by atoms with E-state index in [0.717, 1.165) is 30.9 Å². The van der Waals surface area contributed by atoms with Crippen LogP contribution in [0.25, 0.3) is 0 Å². The van der Waals surface area contributed by atoms with Crippen LogP contribution in [0, 0.1) is 0 Å². The van der Waals surface area contributed by atoms with Gasteiger partial charge < -0.3 is 14.8 Å². The van der Waals surface area contributed by atoms with Gasteiger partial charge in [0.25, 0.3) is 0 Å². The molecule has 3 nitrogen and oxygen atoms in total. The van der Waals surface area contributed by atoms with E-state index >= 15 is 0 Å². The molecular formula is C14H23NO2. The summed E-state index contributed by atoms with van der Waals surface area (Å²) < 4.78 is 11.3. The monoisotopic (exact) mass is 237 g/mol. The van der Waals surface area contributed by atoms with E-state index in [1.54, 1.807) is 7.11 Å². The van der Waals surface area contributed by atoms with E-state index in [-0.39, 0.29) is 6.10 Å². The molecule has 0 aliphatic rings. The zero-order valence-electron chi connectivity index (χ0n) is 11.2. The molecule has 0 heterocycles. The standard InChI is InChI=1S/C14H23NO2/c1-5-12(6-2)17-13-8-7-11(10-15-3)9-14(13)16-4/h7-9,12,15H,5-6,10H2,1-4H3. The Labute approximate surface area is 104 Å². The third-order valence-corrected chi connectivity index (χ3v) is 2.81. The van der Waals surface area contributed by atoms with Gasteiger partial charge in [-0.05, 0) is 37.6 Å². The van der Waals surface area contributed by atoms with Gasteiger partial charge in [0.1, 0.15) is 0 Å². The summed E-state index contributed by atoms with van der Waals surface area (Å²) in [7, 11) is 3.61. The first-order valence-electron chi connectivity index (χ1n) is 6.23. The van der Waals surface area contributed by atoms with E-state index in [4.69, 9.17) is 9.47 Å². The summed E-state index contributed by atoms with van der Waals surface area (Å²) in [5, 5.41) is 3.12. The van der Waals surface area contributed by atoms with Crippen LogP contribution in [0.3, 0.4) is 0 Å². The zero-order valence-corrected chi connectivity index (χ0v) is 11.2. The summed E-state index contributed by atoms with van der Waals surface area (Å²) in [6.45, 7) is 5.10. The smallest absolute Gasteiger partial charge is 0.161 e. The quantitative estimate of drug-likeness (QED) is 0.791. The second kappa shape index (κ2) is 7.17. The van der Waals surface area contributed by atoms with E-state index in [0.29, 0.717) is 0 Å². The number of methoxy groups -OCH3 is 1. The highest BCUT2D eigenvalue weighted by atomic mass is 16.5. The first kappa shape index (κ1) is 13.8. The Hall–Kier alpha value is -1.22. The van der Waals surface area contributed by atoms with Crippen molar-refractivity contribution in [3.63, 3.8) is 0 Å². The van der Waals surface area contributed by atoms with Crippen molar-refractivity contribution < 1.29 is 9.47 Å². The van der Waals surface area contributed by atoms with Crippen LogP contribution in [0.2, 0.25) is 0 Å². The predicted molar refractivity (Wildman–Crippen MR) is 70.8 cm³/mol. The van der Waals surface area contributed by atoms with Gasteiger partial charge >= 0.3 is 0 Å². The lowest BCUT2D eigenvalue weighted by Gasteiger charge is -2.18. The van der Waals surface area contributed by atoms with Crippen LogP contribution in [-0.2, 0) is 6.54 Å². The van der Waals surface area contributed by atoms with Crippen molar-refractivity contribution in [2.24, 2.45) is 0 Å². The molecule has 0 fully saturated rings. The van der Waals surface area contributed by atoms with Crippen molar-refractivity contribution in [3.8, 4) is 11.5 Å². The van der Waals surface area contributed by atoms with Gasteiger partial charge in [-0.15, -0.1) is 0 Å². The van der Waals surface area contributed by atoms with Crippen molar-refractivity contribution in [1.82, 2.24) is 5.32 Å². The van der Waals surface area contributed by atoms with Gasteiger partial charge in [-0.2, -0.15) is 0 Å². The summed E-state index contributed by atoms with van der Waals surface area (Å²) in [6, 6.07) is 6.08. The van der Waals surface area contributed by atoms with E-state index in [9.17, 15) is 0 Å². The van der Waals surface area contributed by atoms with Crippen molar-refractivity contribution >= 4 is 0 Å². The molecule has 0 atom stereocenters. The number of hydrogen-bond donors (Lipinski definition) is 1. The van der Waals surface area contributed by atoms with Gasteiger partial charge in [-0.1, -0.05) is 19.9 Å². The summed E-state index contributed by atoms with van der Waals surface area (Å²) in [5.74, 6) is 1.64. The Morgan fingerprint density at radius 1 is 1.18 bits per heavy atom. The van der Waals surface area contributed by atoms with E-state index in [1.807, 2.05) is 19.2 Å². The number of benzene rings is 1. The SMILES string of the molecule is CCC(CC)Oc1ccc(CNC)cc1OC. The Bertz CT molecular complexity index is 335. The van der Waals surface area contributed by atoms with Crippen LogP contribution in [0.1, 0.15) is 32.3 Å². The molecule has 0 saturated heterocycles. The normalized spacial score (nSPS) is 10.6. The molecule has 1 N–H and O–H groups in total. The first-order chi connectivity index (χ1) is 8.24. The fraction of sp³-hybridized carbons (Fsp3) is 0.571. The summed E-state index contributed by atoms with van der Waals surface area (Å²) >= 11 is 0. The van der Waals surface area contributed by atoms with Crippen LogP contribution >= 0.6 is 0 Å². The average Bonchev–Trinajstić information content (AvgIpc) is 2.37. The van der Waals surface area contributed by atoms with E-state index < -0.39 is 0 Å². The topological polar surface area (TPSA) is 30.5 Å². The minimum Gasteiger partial charge on any atom is -0.493 e. The maximum atomic E-state index is 5.92. The molecule has 0 aliphatic carbocycles. The molecule has 1 aromatic rings. The third-order valence-electron chi connectivity index (χ3n) is 2.81. The molecule has 0 aliphatic heterocycles. The molecule has 1 aromatic carbocycles. The molecule has 1 rings (SSSR count). The molecule has 3 heteroatoms. The highest BCUT2D eigenvalue weighted by molar-refractivity contribution is 5.43. The maximum Gasteiger partial charge on any atom is 0.161 e. The summed E-state index contributed by atoms with van der Waals surface area (Å²) in [6.07, 6.45) is 2.29. The minimum absolute atomic E-state index is 0.263. The van der Waals surface area contributed by atoms with Gasteiger partial charge in [0.05, 0.1) is 13.2 Å². The van der Waals surface area contributed by atoms with Crippen LogP contribution < -0.4 is 14.8 Å². The molecule has 0 spiro atoms. The number of ether oxygens (including phenoxy) is 2. The molecular weight excluding hydrogens is 214 g/mol. The highest BCUT2D eigenvalue weighted by Gasteiger charge is 2.10. The maximum absolute atomic E-state index is 5.92. The number of hydrogen-bond acceptors (Lipinski definition) is 3. The van der Waals surface area contributed by atoms with Crippen molar-refractivity contribution in [3.05, 3.63) is 23.8 Å². The minimum atomic E-state index is 0.263. The molecule has 96 valence electrons. The summed E-state index contributed by atoms with van der Waals surface area (Å²) in [5.41, 5.74) is 1.20. The van der Waals surface area contributed by atoms with Crippen molar-refractivity contribution in [1.29, 1.82) is 0 Å². The molecule has 0 unspecified atom stereocenters. The lowest BCUT2D eigenvalue weighted by atomic mass is 10.2. The van der Waals surface area contributed by atoms with Crippen molar-refractivity contribution in [2.75, 3.05) is 14.2 Å². The van der Waals surface area contributed by atoms with Gasteiger partial charge in [-0.25, -0.2) is 0 Å². The molecule has 0 radical (unpaired) electrons. The Morgan fingerprint density at radius 3 is 2.41 bits per heavy atom. The number of nitrogens with one attached hydrogen (secondary N) is 1. The van der Waals surface area contributed by atoms with Crippen molar-refractivity contribution in [2.45, 2.75) is 39.3 Å². The van der Waals surface area contributed by atoms with Gasteiger partial charge in [0.2, 0.25) is 0 Å². The Morgan fingerprint density at radius 2 is 1.88 bits per heavy atom. The fourth-order valence-corrected chi connectivity index (χ4v) is 1.76. The number of rotatable bonds is 7. The molecule has 0 amide bonds. The predicted octanol–water partition coefficient (Wildman–Crippen LogP) is 2.98. The molecule has 0 saturated carbocycles. The average molecular weight is 237 g/mol. The van der Waals surface area contributed by atoms with Crippen LogP contribution in [-0.4, -0.2) is 20.3 Å². The zero-order chi connectivity index (χ0) is 12.7. The fourth-order valence-electron chi connectivity index (χ4n) is 1.76. The lowest BCUT2D eigenvalue weighted by molar-refractivity contribution is 0.185. The lowest BCUT2D eigenvalue weighted by Crippen LogP contribution is -2.14. The second-order valence-corrected chi connectivity index (χ2v) is 4.07. The largest absolute Gasteiger partial charge is 0.493 e. The van der Waals surface area contributed by atoms with Gasteiger partial charge in [0, 0.05) is 6.54 Å². The summed E-state index contributed by atoms with van der Waals surface area (Å²) in [4.78, 5) is 0. The van der Waals surface area contributed by atoms with E-state index in [2.05, 4.69) is 25.2 Å². The van der Waals surface area contributed by atoms with Gasteiger partial charge in [0.15, 0.2) is 11.5 Å². The highest BCUT2D eigenvalue weighted by Crippen LogP contribution is 2.29.